The first-order valence-corrected chi connectivity index (χ1v) is 4.28. The van der Waals surface area contributed by atoms with E-state index in [1.54, 1.807) is 0 Å². The van der Waals surface area contributed by atoms with Crippen molar-refractivity contribution in [3.63, 3.8) is 0 Å². The van der Waals surface area contributed by atoms with Crippen molar-refractivity contribution in [3.05, 3.63) is 0 Å². The van der Waals surface area contributed by atoms with Crippen LogP contribution < -0.4 is 5.84 Å². The van der Waals surface area contributed by atoms with E-state index in [0.717, 1.165) is 18.4 Å². The van der Waals surface area contributed by atoms with Gasteiger partial charge in [-0.3, -0.25) is 5.84 Å². The lowest BCUT2D eigenvalue weighted by molar-refractivity contribution is 0.271. The second-order valence-electron chi connectivity index (χ2n) is 3.88. The average Bonchev–Trinajstić information content (AvgIpc) is 2.64. The fourth-order valence-electron chi connectivity index (χ4n) is 2.01. The van der Waals surface area contributed by atoms with Gasteiger partial charge in [0, 0.05) is 12.6 Å². The van der Waals surface area contributed by atoms with Crippen molar-refractivity contribution in [2.75, 3.05) is 6.54 Å². The largest absolute Gasteiger partial charge is 0.269 e. The molecule has 0 amide bonds. The molecule has 1 aliphatic heterocycles. The molecule has 2 heteroatoms. The summed E-state index contributed by atoms with van der Waals surface area (Å²) >= 11 is 0. The van der Waals surface area contributed by atoms with Crippen molar-refractivity contribution < 1.29 is 0 Å². The fourth-order valence-corrected chi connectivity index (χ4v) is 2.01. The number of nitrogens with two attached hydrogens (primary N) is 1. The van der Waals surface area contributed by atoms with Gasteiger partial charge in [0.05, 0.1) is 0 Å². The molecule has 58 valence electrons. The summed E-state index contributed by atoms with van der Waals surface area (Å²) < 4.78 is 0. The smallest absolute Gasteiger partial charge is 0.0216 e. The molecule has 0 aromatic carbocycles. The molecule has 0 aromatic rings. The van der Waals surface area contributed by atoms with Gasteiger partial charge in [-0.25, -0.2) is 5.01 Å². The molecule has 10 heavy (non-hydrogen) atoms. The molecule has 2 rings (SSSR count). The van der Waals surface area contributed by atoms with Gasteiger partial charge in [-0.05, 0) is 38.0 Å². The molecule has 0 aromatic heterocycles. The lowest BCUT2D eigenvalue weighted by Crippen LogP contribution is -2.34. The summed E-state index contributed by atoms with van der Waals surface area (Å²) in [7, 11) is 0. The van der Waals surface area contributed by atoms with E-state index in [-0.39, 0.29) is 0 Å². The van der Waals surface area contributed by atoms with Gasteiger partial charge in [-0.15, -0.1) is 0 Å². The van der Waals surface area contributed by atoms with Crippen molar-refractivity contribution in [1.29, 1.82) is 0 Å². The minimum absolute atomic E-state index is 0.630. The van der Waals surface area contributed by atoms with Crippen LogP contribution in [0.2, 0.25) is 0 Å². The number of rotatable bonds is 1. The van der Waals surface area contributed by atoms with E-state index in [1.807, 2.05) is 5.01 Å². The minimum atomic E-state index is 0.630. The van der Waals surface area contributed by atoms with Crippen molar-refractivity contribution in [2.45, 2.75) is 32.2 Å². The van der Waals surface area contributed by atoms with Gasteiger partial charge in [-0.1, -0.05) is 0 Å². The van der Waals surface area contributed by atoms with Crippen LogP contribution in [0.5, 0.6) is 0 Å². The molecule has 2 aliphatic rings. The molecular formula is C8H16N2. The van der Waals surface area contributed by atoms with E-state index >= 15 is 0 Å². The maximum Gasteiger partial charge on any atom is 0.0216 e. The molecule has 0 radical (unpaired) electrons. The second-order valence-corrected chi connectivity index (χ2v) is 3.88. The predicted molar refractivity (Wildman–Crippen MR) is 41.2 cm³/mol. The molecule has 2 N–H and O–H groups in total. The topological polar surface area (TPSA) is 29.3 Å². The standard InChI is InChI=1S/C8H16N2/c1-6-4-8(5-10(6)9)7-2-3-7/h6-8H,2-5,9H2,1H3/t6-,8?/m1/s1. The van der Waals surface area contributed by atoms with Gasteiger partial charge in [-0.2, -0.15) is 0 Å². The summed E-state index contributed by atoms with van der Waals surface area (Å²) in [6.07, 6.45) is 4.26. The van der Waals surface area contributed by atoms with Crippen LogP contribution in [0.3, 0.4) is 0 Å². The molecule has 1 heterocycles. The molecule has 2 atom stereocenters. The van der Waals surface area contributed by atoms with E-state index in [2.05, 4.69) is 6.92 Å². The first-order chi connectivity index (χ1) is 4.77. The third-order valence-corrected chi connectivity index (χ3v) is 2.94. The maximum absolute atomic E-state index is 5.77. The second kappa shape index (κ2) is 2.21. The van der Waals surface area contributed by atoms with Crippen LogP contribution in [-0.4, -0.2) is 17.6 Å². The summed E-state index contributed by atoms with van der Waals surface area (Å²) in [6.45, 7) is 3.37. The normalized spacial score (nSPS) is 42.6. The highest BCUT2D eigenvalue weighted by atomic mass is 15.4. The lowest BCUT2D eigenvalue weighted by atomic mass is 10.0. The van der Waals surface area contributed by atoms with Crippen LogP contribution in [0.25, 0.3) is 0 Å². The van der Waals surface area contributed by atoms with Crippen LogP contribution in [0, 0.1) is 11.8 Å². The Hall–Kier alpha value is -0.0800. The Kier molecular flexibility index (Phi) is 1.46. The minimum Gasteiger partial charge on any atom is -0.269 e. The molecule has 0 bridgehead atoms. The fraction of sp³-hybridized carbons (Fsp3) is 1.00. The van der Waals surface area contributed by atoms with Crippen molar-refractivity contribution >= 4 is 0 Å². The lowest BCUT2D eigenvalue weighted by Gasteiger charge is -2.12. The number of hydrogen-bond acceptors (Lipinski definition) is 2. The zero-order chi connectivity index (χ0) is 7.14. The van der Waals surface area contributed by atoms with Gasteiger partial charge in [0.15, 0.2) is 0 Å². The summed E-state index contributed by atoms with van der Waals surface area (Å²) in [5.41, 5.74) is 0. The summed E-state index contributed by atoms with van der Waals surface area (Å²) in [5.74, 6) is 7.74. The average molecular weight is 140 g/mol. The maximum atomic E-state index is 5.77. The van der Waals surface area contributed by atoms with Crippen LogP contribution in [0.15, 0.2) is 0 Å². The Morgan fingerprint density at radius 3 is 2.40 bits per heavy atom. The predicted octanol–water partition coefficient (Wildman–Crippen LogP) is 0.980. The molecule has 2 fully saturated rings. The zero-order valence-corrected chi connectivity index (χ0v) is 6.59. The first-order valence-electron chi connectivity index (χ1n) is 4.28. The molecule has 0 spiro atoms. The first kappa shape index (κ1) is 6.62. The van der Waals surface area contributed by atoms with Crippen LogP contribution >= 0.6 is 0 Å². The Morgan fingerprint density at radius 2 is 2.00 bits per heavy atom. The highest BCUT2D eigenvalue weighted by Gasteiger charge is 2.37. The summed E-state index contributed by atoms with van der Waals surface area (Å²) in [5, 5.41) is 2.00. The molecule has 2 nitrogen and oxygen atoms in total. The van der Waals surface area contributed by atoms with E-state index in [1.165, 1.54) is 19.3 Å². The third-order valence-electron chi connectivity index (χ3n) is 2.94. The quantitative estimate of drug-likeness (QED) is 0.550. The Morgan fingerprint density at radius 1 is 1.30 bits per heavy atom. The van der Waals surface area contributed by atoms with E-state index in [4.69, 9.17) is 5.84 Å². The van der Waals surface area contributed by atoms with Crippen LogP contribution in [0.4, 0.5) is 0 Å². The Labute approximate surface area is 62.4 Å². The Balaban J connectivity index is 1.90. The van der Waals surface area contributed by atoms with Crippen molar-refractivity contribution in [3.8, 4) is 0 Å². The van der Waals surface area contributed by atoms with Gasteiger partial charge in [0.1, 0.15) is 0 Å². The van der Waals surface area contributed by atoms with Crippen LogP contribution in [0.1, 0.15) is 26.2 Å². The number of hydrazine groups is 1. The summed E-state index contributed by atoms with van der Waals surface area (Å²) in [6, 6.07) is 0.630. The van der Waals surface area contributed by atoms with E-state index in [0.29, 0.717) is 6.04 Å². The molecule has 1 saturated heterocycles. The van der Waals surface area contributed by atoms with Gasteiger partial charge in [0.2, 0.25) is 0 Å². The SMILES string of the molecule is C[C@@H]1CC(C2CC2)CN1N. The Bertz CT molecular complexity index is 121. The third kappa shape index (κ3) is 1.06. The molecule has 1 saturated carbocycles. The zero-order valence-electron chi connectivity index (χ0n) is 6.59. The number of nitrogens with zero attached hydrogens (tertiary/aromatic N) is 1. The summed E-state index contributed by atoms with van der Waals surface area (Å²) in [4.78, 5) is 0. The molecule has 1 aliphatic carbocycles. The molecule has 1 unspecified atom stereocenters. The van der Waals surface area contributed by atoms with E-state index < -0.39 is 0 Å². The highest BCUT2D eigenvalue weighted by Crippen LogP contribution is 2.42. The van der Waals surface area contributed by atoms with Gasteiger partial charge < -0.3 is 0 Å². The van der Waals surface area contributed by atoms with Crippen LogP contribution in [-0.2, 0) is 0 Å². The molecular weight excluding hydrogens is 124 g/mol. The van der Waals surface area contributed by atoms with Crippen molar-refractivity contribution in [1.82, 2.24) is 5.01 Å². The van der Waals surface area contributed by atoms with E-state index in [9.17, 15) is 0 Å². The van der Waals surface area contributed by atoms with Gasteiger partial charge in [0.25, 0.3) is 0 Å². The van der Waals surface area contributed by atoms with Crippen molar-refractivity contribution in [2.24, 2.45) is 17.7 Å². The highest BCUT2D eigenvalue weighted by molar-refractivity contribution is 4.89. The monoisotopic (exact) mass is 140 g/mol. The van der Waals surface area contributed by atoms with Gasteiger partial charge >= 0.3 is 0 Å². The number of hydrogen-bond donors (Lipinski definition) is 1.